The van der Waals surface area contributed by atoms with Gasteiger partial charge >= 0.3 is 0 Å². The van der Waals surface area contributed by atoms with E-state index < -0.39 is 20.2 Å². The van der Waals surface area contributed by atoms with Crippen LogP contribution in [0.25, 0.3) is 12.2 Å². The summed E-state index contributed by atoms with van der Waals surface area (Å²) in [6.45, 7) is 9.69. The Kier molecular flexibility index (Phi) is 18.6. The number of aromatic nitrogens is 2. The summed E-state index contributed by atoms with van der Waals surface area (Å²) in [6.07, 6.45) is 14.6. The number of rotatable bonds is 14. The Bertz CT molecular complexity index is 2810. The maximum atomic E-state index is 12.5. The van der Waals surface area contributed by atoms with Gasteiger partial charge in [-0.15, -0.1) is 0 Å². The summed E-state index contributed by atoms with van der Waals surface area (Å²) in [4.78, 5) is 24.6. The Labute approximate surface area is 397 Å². The van der Waals surface area contributed by atoms with Gasteiger partial charge < -0.3 is 30.4 Å². The lowest BCUT2D eigenvalue weighted by Crippen LogP contribution is -2.30. The molecule has 14 nitrogen and oxygen atoms in total. The Morgan fingerprint density at radius 1 is 0.441 bits per heavy atom. The molecule has 0 saturated heterocycles. The van der Waals surface area contributed by atoms with Crippen molar-refractivity contribution in [2.45, 2.75) is 50.6 Å². The molecule has 2 aromatic heterocycles. The smallest absolute Gasteiger partial charge is 0.248 e. The molecule has 0 aliphatic heterocycles. The number of nitrogens with one attached hydrogen (secondary N) is 4. The Morgan fingerprint density at radius 3 is 1.00 bits per heavy atom. The SMILES string of the molecule is CC[n+]1ccc(Nc2ccc(NC(=O)/C=C/c3ccc(/C=C/C(=O)Nc4ccc(Nc5cc[n+](CC)cc5)cc4)cc3)cc2)cc1.Cc1ccc(S(=O)(=O)[O-])cc1.Cc1ccc(S(=O)(=O)[O-])cc1. The maximum Gasteiger partial charge on any atom is 0.248 e. The van der Waals surface area contributed by atoms with E-state index in [1.165, 1.54) is 36.4 Å². The molecule has 16 heteroatoms. The van der Waals surface area contributed by atoms with Gasteiger partial charge in [-0.25, -0.2) is 26.0 Å². The van der Waals surface area contributed by atoms with Crippen molar-refractivity contribution in [1.29, 1.82) is 0 Å². The topological polar surface area (TPSA) is 204 Å². The minimum absolute atomic E-state index is 0.178. The zero-order valence-corrected chi connectivity index (χ0v) is 39.5. The van der Waals surface area contributed by atoms with Gasteiger partial charge in [0.1, 0.15) is 33.3 Å². The molecule has 0 bridgehead atoms. The molecule has 4 N–H and O–H groups in total. The number of carbonyl (C=O) groups excluding carboxylic acids is 2. The van der Waals surface area contributed by atoms with Gasteiger partial charge in [0.2, 0.25) is 11.8 Å². The lowest BCUT2D eigenvalue weighted by atomic mass is 10.1. The third-order valence-corrected chi connectivity index (χ3v) is 11.5. The Balaban J connectivity index is 0.000000319. The summed E-state index contributed by atoms with van der Waals surface area (Å²) in [5, 5.41) is 12.5. The van der Waals surface area contributed by atoms with Crippen molar-refractivity contribution in [3.05, 3.63) is 205 Å². The Morgan fingerprint density at radius 2 is 0.721 bits per heavy atom. The molecule has 0 radical (unpaired) electrons. The van der Waals surface area contributed by atoms with Crippen LogP contribution in [0.3, 0.4) is 0 Å². The molecule has 350 valence electrons. The number of carbonyl (C=O) groups is 2. The molecule has 0 unspecified atom stereocenters. The fourth-order valence-electron chi connectivity index (χ4n) is 5.95. The van der Waals surface area contributed by atoms with Crippen molar-refractivity contribution in [2.24, 2.45) is 0 Å². The summed E-state index contributed by atoms with van der Waals surface area (Å²) < 4.78 is 66.5. The fourth-order valence-corrected chi connectivity index (χ4v) is 6.89. The first kappa shape index (κ1) is 51.2. The second-order valence-electron chi connectivity index (χ2n) is 15.1. The highest BCUT2D eigenvalue weighted by Crippen LogP contribution is 2.20. The Hall–Kier alpha value is -7.76. The van der Waals surface area contributed by atoms with E-state index in [-0.39, 0.29) is 21.6 Å². The molecule has 68 heavy (non-hydrogen) atoms. The second-order valence-corrected chi connectivity index (χ2v) is 17.8. The molecule has 7 rings (SSSR count). The van der Waals surface area contributed by atoms with Crippen LogP contribution >= 0.6 is 0 Å². The molecule has 0 saturated carbocycles. The predicted octanol–water partition coefficient (Wildman–Crippen LogP) is 8.89. The van der Waals surface area contributed by atoms with Crippen LogP contribution in [0.1, 0.15) is 36.1 Å². The lowest BCUT2D eigenvalue weighted by Gasteiger charge is -2.07. The van der Waals surface area contributed by atoms with Gasteiger partial charge in [-0.3, -0.25) is 9.59 Å². The monoisotopic (exact) mass is 952 g/mol. The number of nitrogens with zero attached hydrogens (tertiary/aromatic N) is 2. The van der Waals surface area contributed by atoms with Crippen molar-refractivity contribution in [3.63, 3.8) is 0 Å². The van der Waals surface area contributed by atoms with E-state index in [1.807, 2.05) is 136 Å². The van der Waals surface area contributed by atoms with Crippen molar-refractivity contribution >= 4 is 78.3 Å². The van der Waals surface area contributed by atoms with Gasteiger partial charge in [0.15, 0.2) is 24.8 Å². The van der Waals surface area contributed by atoms with E-state index in [1.54, 1.807) is 36.4 Å². The van der Waals surface area contributed by atoms with Crippen LogP contribution in [-0.2, 0) is 42.9 Å². The van der Waals surface area contributed by atoms with Crippen LogP contribution in [0, 0.1) is 13.8 Å². The van der Waals surface area contributed by atoms with E-state index in [2.05, 4.69) is 44.2 Å². The zero-order valence-electron chi connectivity index (χ0n) is 37.9. The molecule has 7 aromatic rings. The van der Waals surface area contributed by atoms with Gasteiger partial charge in [0, 0.05) is 59.2 Å². The number of amides is 2. The highest BCUT2D eigenvalue weighted by atomic mass is 32.2. The third-order valence-electron chi connectivity index (χ3n) is 9.80. The summed E-state index contributed by atoms with van der Waals surface area (Å²) in [6, 6.07) is 42.4. The van der Waals surface area contributed by atoms with E-state index >= 15 is 0 Å². The van der Waals surface area contributed by atoms with Gasteiger partial charge in [-0.1, -0.05) is 59.7 Å². The third kappa shape index (κ3) is 17.6. The van der Waals surface area contributed by atoms with Crippen molar-refractivity contribution in [2.75, 3.05) is 21.3 Å². The van der Waals surface area contributed by atoms with Crippen molar-refractivity contribution in [3.8, 4) is 0 Å². The number of pyridine rings is 2. The average molecular weight is 953 g/mol. The van der Waals surface area contributed by atoms with E-state index in [4.69, 9.17) is 0 Å². The molecule has 0 aliphatic carbocycles. The van der Waals surface area contributed by atoms with Crippen LogP contribution in [0.5, 0.6) is 0 Å². The van der Waals surface area contributed by atoms with Crippen LogP contribution in [-0.4, -0.2) is 37.8 Å². The van der Waals surface area contributed by atoms with Crippen molar-refractivity contribution < 1.29 is 44.7 Å². The van der Waals surface area contributed by atoms with Gasteiger partial charge in [0.25, 0.3) is 0 Å². The highest BCUT2D eigenvalue weighted by Gasteiger charge is 2.05. The predicted molar refractivity (Wildman–Crippen MR) is 264 cm³/mol. The van der Waals surface area contributed by atoms with Gasteiger partial charge in [-0.05, 0) is 124 Å². The van der Waals surface area contributed by atoms with Crippen LogP contribution in [0.2, 0.25) is 0 Å². The summed E-state index contributed by atoms with van der Waals surface area (Å²) in [5.74, 6) is -0.441. The number of hydrogen-bond acceptors (Lipinski definition) is 10. The van der Waals surface area contributed by atoms with Crippen LogP contribution in [0.4, 0.5) is 34.1 Å². The molecule has 0 atom stereocenters. The quantitative estimate of drug-likeness (QED) is 0.0463. The summed E-state index contributed by atoms with van der Waals surface area (Å²) in [7, 11) is -8.54. The van der Waals surface area contributed by atoms with Crippen LogP contribution in [0.15, 0.2) is 192 Å². The largest absolute Gasteiger partial charge is 0.744 e. The number of anilines is 6. The van der Waals surface area contributed by atoms with Gasteiger partial charge in [0.05, 0.1) is 21.2 Å². The molecular weight excluding hydrogens is 901 g/mol. The molecule has 0 fully saturated rings. The first-order valence-corrected chi connectivity index (χ1v) is 24.1. The summed E-state index contributed by atoms with van der Waals surface area (Å²) in [5.41, 5.74) is 8.88. The first-order chi connectivity index (χ1) is 32.4. The van der Waals surface area contributed by atoms with E-state index in [0.29, 0.717) is 11.4 Å². The second kappa shape index (κ2) is 24.7. The standard InChI is InChI=1S/C38H36N6O2.2C7H8O3S/c1-3-43-25-21-35(22-26-43)39-31-11-15-33(16-12-31)41-37(45)19-9-29-5-7-30(8-6-29)10-20-38(46)42-34-17-13-32(14-18-34)40-36-23-27-44(4-2)28-24-36;2*1-6-2-4-7(5-3-6)11(8,9)10/h5-28H,3-4H2,1-2H3,(H2,41,42,45,46);2*2-5H,1H3,(H,8,9,10)/b19-9+,20-10+;;. The molecule has 2 heterocycles. The molecule has 0 aliphatic rings. The van der Waals surface area contributed by atoms with E-state index in [0.717, 1.165) is 58.1 Å². The van der Waals surface area contributed by atoms with Gasteiger partial charge in [-0.2, -0.15) is 0 Å². The first-order valence-electron chi connectivity index (χ1n) is 21.3. The molecule has 5 aromatic carbocycles. The lowest BCUT2D eigenvalue weighted by molar-refractivity contribution is -0.693. The molecular formula is C52H52N6O8S2. The highest BCUT2D eigenvalue weighted by molar-refractivity contribution is 7.86. The number of benzene rings is 5. The van der Waals surface area contributed by atoms with Crippen molar-refractivity contribution in [1.82, 2.24) is 0 Å². The normalized spacial score (nSPS) is 11.1. The minimum atomic E-state index is -4.27. The average Bonchev–Trinajstić information content (AvgIpc) is 3.32. The molecule has 2 amide bonds. The summed E-state index contributed by atoms with van der Waals surface area (Å²) >= 11 is 0. The van der Waals surface area contributed by atoms with Crippen LogP contribution < -0.4 is 30.4 Å². The zero-order chi connectivity index (χ0) is 49.1. The number of hydrogen-bond donors (Lipinski definition) is 4. The fraction of sp³-hybridized carbons (Fsp3) is 0.115. The molecule has 0 spiro atoms. The number of aryl methyl sites for hydroxylation is 4. The van der Waals surface area contributed by atoms with E-state index in [9.17, 15) is 35.5 Å². The maximum absolute atomic E-state index is 12.5. The minimum Gasteiger partial charge on any atom is -0.744 e.